The summed E-state index contributed by atoms with van der Waals surface area (Å²) < 4.78 is 27.0. The van der Waals surface area contributed by atoms with E-state index < -0.39 is 10.2 Å². The Labute approximate surface area is 105 Å². The van der Waals surface area contributed by atoms with Crippen molar-refractivity contribution in [3.63, 3.8) is 0 Å². The third-order valence-electron chi connectivity index (χ3n) is 3.09. The van der Waals surface area contributed by atoms with E-state index in [1.807, 2.05) is 0 Å². The lowest BCUT2D eigenvalue weighted by Crippen LogP contribution is -2.46. The van der Waals surface area contributed by atoms with Gasteiger partial charge in [0.2, 0.25) is 0 Å². The second-order valence-electron chi connectivity index (χ2n) is 5.68. The van der Waals surface area contributed by atoms with E-state index in [1.54, 1.807) is 0 Å². The molecule has 1 rings (SSSR count). The molecule has 0 aromatic carbocycles. The zero-order valence-electron chi connectivity index (χ0n) is 11.3. The van der Waals surface area contributed by atoms with Crippen molar-refractivity contribution < 1.29 is 8.42 Å². The van der Waals surface area contributed by atoms with E-state index in [-0.39, 0.29) is 5.54 Å². The van der Waals surface area contributed by atoms with Gasteiger partial charge in [-0.2, -0.15) is 12.7 Å². The summed E-state index contributed by atoms with van der Waals surface area (Å²) in [4.78, 5) is 0. The molecule has 6 heteroatoms. The summed E-state index contributed by atoms with van der Waals surface area (Å²) in [7, 11) is -1.76. The largest absolute Gasteiger partial charge is 0.312 e. The van der Waals surface area contributed by atoms with Crippen LogP contribution in [0.3, 0.4) is 0 Å². The third-order valence-corrected chi connectivity index (χ3v) is 4.65. The number of hydrogen-bond acceptors (Lipinski definition) is 3. The first-order valence-corrected chi connectivity index (χ1v) is 7.62. The van der Waals surface area contributed by atoms with Gasteiger partial charge in [-0.25, -0.2) is 4.72 Å². The van der Waals surface area contributed by atoms with Gasteiger partial charge in [-0.15, -0.1) is 0 Å². The molecule has 1 aliphatic rings. The molecule has 0 aliphatic carbocycles. The topological polar surface area (TPSA) is 61.4 Å². The highest BCUT2D eigenvalue weighted by Gasteiger charge is 2.27. The molecule has 0 amide bonds. The molecule has 0 atom stereocenters. The van der Waals surface area contributed by atoms with Crippen LogP contribution >= 0.6 is 0 Å². The van der Waals surface area contributed by atoms with Gasteiger partial charge in [0.1, 0.15) is 0 Å². The second kappa shape index (κ2) is 5.65. The molecule has 0 bridgehead atoms. The summed E-state index contributed by atoms with van der Waals surface area (Å²) in [6.45, 7) is 8.66. The zero-order valence-corrected chi connectivity index (χ0v) is 12.1. The van der Waals surface area contributed by atoms with Gasteiger partial charge < -0.3 is 5.32 Å². The van der Waals surface area contributed by atoms with Gasteiger partial charge in [0.15, 0.2) is 0 Å². The molecule has 1 fully saturated rings. The van der Waals surface area contributed by atoms with Crippen molar-refractivity contribution in [3.05, 3.63) is 0 Å². The minimum absolute atomic E-state index is 0.133. The molecule has 0 aromatic rings. The molecule has 102 valence electrons. The average Bonchev–Trinajstić information content (AvgIpc) is 2.26. The first-order chi connectivity index (χ1) is 7.74. The van der Waals surface area contributed by atoms with Crippen LogP contribution in [0.2, 0.25) is 0 Å². The molecular weight excluding hydrogens is 238 g/mol. The maximum atomic E-state index is 11.6. The van der Waals surface area contributed by atoms with Crippen LogP contribution in [0.4, 0.5) is 0 Å². The van der Waals surface area contributed by atoms with Gasteiger partial charge in [-0.3, -0.25) is 0 Å². The summed E-state index contributed by atoms with van der Waals surface area (Å²) in [5, 5.41) is 3.48. The van der Waals surface area contributed by atoms with E-state index in [9.17, 15) is 8.42 Å². The molecule has 2 N–H and O–H groups in total. The normalized spacial score (nSPS) is 20.7. The lowest BCUT2D eigenvalue weighted by Gasteiger charge is -2.32. The Morgan fingerprint density at radius 2 is 1.76 bits per heavy atom. The molecule has 0 saturated carbocycles. The maximum Gasteiger partial charge on any atom is 0.279 e. The van der Waals surface area contributed by atoms with E-state index in [0.29, 0.717) is 19.0 Å². The lowest BCUT2D eigenvalue weighted by atomic mass is 9.97. The van der Waals surface area contributed by atoms with Crippen molar-refractivity contribution in [3.8, 4) is 0 Å². The van der Waals surface area contributed by atoms with Crippen molar-refractivity contribution in [2.24, 2.45) is 5.92 Å². The Balaban J connectivity index is 2.36. The standard InChI is InChI=1S/C11H25N3O2S/c1-11(2,3)13-9-10-5-7-14(8-6-10)17(15,16)12-4/h10,12-13H,5-9H2,1-4H3. The van der Waals surface area contributed by atoms with Crippen LogP contribution in [0.25, 0.3) is 0 Å². The second-order valence-corrected chi connectivity index (χ2v) is 7.56. The van der Waals surface area contributed by atoms with E-state index >= 15 is 0 Å². The maximum absolute atomic E-state index is 11.6. The summed E-state index contributed by atoms with van der Waals surface area (Å²) in [5.74, 6) is 0.581. The van der Waals surface area contributed by atoms with Crippen LogP contribution in [0.1, 0.15) is 33.6 Å². The Morgan fingerprint density at radius 3 is 2.18 bits per heavy atom. The molecule has 1 aliphatic heterocycles. The van der Waals surface area contributed by atoms with Crippen molar-refractivity contribution in [1.29, 1.82) is 0 Å². The Hall–Kier alpha value is -0.170. The minimum atomic E-state index is -3.23. The number of nitrogens with one attached hydrogen (secondary N) is 2. The van der Waals surface area contributed by atoms with Crippen LogP contribution in [0.15, 0.2) is 0 Å². The van der Waals surface area contributed by atoms with Crippen LogP contribution in [-0.2, 0) is 10.2 Å². The van der Waals surface area contributed by atoms with Crippen molar-refractivity contribution in [2.45, 2.75) is 39.2 Å². The SMILES string of the molecule is CNS(=O)(=O)N1CCC(CNC(C)(C)C)CC1. The predicted octanol–water partition coefficient (Wildman–Crippen LogP) is 0.551. The summed E-state index contributed by atoms with van der Waals surface area (Å²) >= 11 is 0. The lowest BCUT2D eigenvalue weighted by molar-refractivity contribution is 0.250. The Bertz CT molecular complexity index is 327. The van der Waals surface area contributed by atoms with Gasteiger partial charge in [0.25, 0.3) is 10.2 Å². The van der Waals surface area contributed by atoms with Crippen LogP contribution in [0, 0.1) is 5.92 Å². The highest BCUT2D eigenvalue weighted by Crippen LogP contribution is 2.18. The zero-order chi connectivity index (χ0) is 13.1. The smallest absolute Gasteiger partial charge is 0.279 e. The number of hydrogen-bond donors (Lipinski definition) is 2. The van der Waals surface area contributed by atoms with Crippen LogP contribution in [-0.4, -0.2) is 44.9 Å². The highest BCUT2D eigenvalue weighted by molar-refractivity contribution is 7.87. The number of rotatable bonds is 4. The summed E-state index contributed by atoms with van der Waals surface area (Å²) in [5.41, 5.74) is 0.133. The molecule has 1 heterocycles. The first-order valence-electron chi connectivity index (χ1n) is 6.18. The fourth-order valence-corrected chi connectivity index (χ4v) is 2.88. The Kier molecular flexibility index (Phi) is 4.95. The molecule has 0 aromatic heterocycles. The van der Waals surface area contributed by atoms with Crippen molar-refractivity contribution in [1.82, 2.24) is 14.3 Å². The molecule has 0 unspecified atom stereocenters. The minimum Gasteiger partial charge on any atom is -0.312 e. The van der Waals surface area contributed by atoms with E-state index in [4.69, 9.17) is 0 Å². The van der Waals surface area contributed by atoms with Gasteiger partial charge in [0, 0.05) is 25.7 Å². The molecule has 1 saturated heterocycles. The molecule has 0 spiro atoms. The van der Waals surface area contributed by atoms with Gasteiger partial charge in [-0.05, 0) is 46.1 Å². The molecule has 17 heavy (non-hydrogen) atoms. The average molecular weight is 263 g/mol. The van der Waals surface area contributed by atoms with Gasteiger partial charge >= 0.3 is 0 Å². The highest BCUT2D eigenvalue weighted by atomic mass is 32.2. The van der Waals surface area contributed by atoms with Crippen molar-refractivity contribution >= 4 is 10.2 Å². The van der Waals surface area contributed by atoms with Gasteiger partial charge in [-0.1, -0.05) is 0 Å². The molecular formula is C11H25N3O2S. The molecule has 0 radical (unpaired) electrons. The van der Waals surface area contributed by atoms with Crippen molar-refractivity contribution in [2.75, 3.05) is 26.7 Å². The summed E-state index contributed by atoms with van der Waals surface area (Å²) in [6.07, 6.45) is 1.87. The fourth-order valence-electron chi connectivity index (χ4n) is 1.93. The van der Waals surface area contributed by atoms with E-state index in [0.717, 1.165) is 19.4 Å². The van der Waals surface area contributed by atoms with Crippen LogP contribution in [0.5, 0.6) is 0 Å². The monoisotopic (exact) mass is 263 g/mol. The number of nitrogens with zero attached hydrogens (tertiary/aromatic N) is 1. The predicted molar refractivity (Wildman–Crippen MR) is 70.0 cm³/mol. The van der Waals surface area contributed by atoms with Crippen LogP contribution < -0.4 is 10.0 Å². The van der Waals surface area contributed by atoms with E-state index in [2.05, 4.69) is 30.8 Å². The van der Waals surface area contributed by atoms with Gasteiger partial charge in [0.05, 0.1) is 0 Å². The quantitative estimate of drug-likeness (QED) is 0.779. The number of piperidine rings is 1. The first kappa shape index (κ1) is 14.9. The Morgan fingerprint density at radius 1 is 1.24 bits per heavy atom. The summed E-state index contributed by atoms with van der Waals surface area (Å²) in [6, 6.07) is 0. The third kappa shape index (κ3) is 4.91. The van der Waals surface area contributed by atoms with E-state index in [1.165, 1.54) is 11.4 Å². The fraction of sp³-hybridized carbons (Fsp3) is 1.00. The molecule has 5 nitrogen and oxygen atoms in total.